The largest absolute Gasteiger partial charge is 0.379 e. The minimum absolute atomic E-state index is 0.0519. The number of carbonyl (C=O) groups is 5. The number of benzene rings is 1. The molecule has 0 unspecified atom stereocenters. The first kappa shape index (κ1) is 41.4. The molecule has 0 aromatic heterocycles. The Balaban J connectivity index is 2.16. The highest BCUT2D eigenvalue weighted by molar-refractivity contribution is 5.92. The predicted octanol–water partition coefficient (Wildman–Crippen LogP) is -0.957. The van der Waals surface area contributed by atoms with Crippen molar-refractivity contribution in [1.82, 2.24) is 31.9 Å². The first-order chi connectivity index (χ1) is 22.7. The molecule has 47 heavy (non-hydrogen) atoms. The molecular formula is C32H54N6O9. The third-order valence-corrected chi connectivity index (χ3v) is 6.21. The number of carbonyl (C=O) groups excluding carboxylic acids is 5. The fourth-order valence-electron chi connectivity index (χ4n) is 3.78. The Hall–Kier alpha value is -3.63. The highest BCUT2D eigenvalue weighted by Crippen LogP contribution is 2.03. The minimum atomic E-state index is -0.966. The van der Waals surface area contributed by atoms with Crippen LogP contribution < -0.4 is 31.9 Å². The molecule has 6 N–H and O–H groups in total. The lowest BCUT2D eigenvalue weighted by molar-refractivity contribution is -0.131. The lowest BCUT2D eigenvalue weighted by atomic mass is 10.1. The van der Waals surface area contributed by atoms with E-state index in [1.165, 1.54) is 0 Å². The van der Waals surface area contributed by atoms with Crippen molar-refractivity contribution in [3.8, 4) is 0 Å². The van der Waals surface area contributed by atoms with E-state index in [1.54, 1.807) is 0 Å². The first-order valence-electron chi connectivity index (χ1n) is 16.2. The van der Waals surface area contributed by atoms with Crippen molar-refractivity contribution in [2.75, 3.05) is 85.6 Å². The van der Waals surface area contributed by atoms with Gasteiger partial charge in [0.15, 0.2) is 0 Å². The molecule has 1 aromatic rings. The molecule has 1 rings (SSSR count). The molecule has 0 aliphatic rings. The van der Waals surface area contributed by atoms with Gasteiger partial charge in [0.1, 0.15) is 6.04 Å². The Morgan fingerprint density at radius 3 is 1.77 bits per heavy atom. The zero-order chi connectivity index (χ0) is 34.5. The van der Waals surface area contributed by atoms with Crippen LogP contribution in [0.5, 0.6) is 0 Å². The molecule has 1 aromatic carbocycles. The molecule has 0 aliphatic carbocycles. The van der Waals surface area contributed by atoms with E-state index in [1.807, 2.05) is 37.3 Å². The van der Waals surface area contributed by atoms with Gasteiger partial charge in [0.05, 0.1) is 72.5 Å². The van der Waals surface area contributed by atoms with Gasteiger partial charge in [-0.15, -0.1) is 0 Å². The maximum atomic E-state index is 12.8. The van der Waals surface area contributed by atoms with Gasteiger partial charge in [-0.05, 0) is 12.0 Å². The average Bonchev–Trinajstić information content (AvgIpc) is 3.06. The molecule has 1 atom stereocenters. The Kier molecular flexibility index (Phi) is 24.2. The number of nitrogens with one attached hydrogen (secondary N) is 6. The molecule has 0 aliphatic heterocycles. The summed E-state index contributed by atoms with van der Waals surface area (Å²) in [5.74, 6) is -2.42. The second-order valence-corrected chi connectivity index (χ2v) is 10.7. The summed E-state index contributed by atoms with van der Waals surface area (Å²) in [4.78, 5) is 61.3. The molecule has 15 heteroatoms. The van der Waals surface area contributed by atoms with E-state index in [0.717, 1.165) is 18.5 Å². The van der Waals surface area contributed by atoms with Gasteiger partial charge in [0, 0.05) is 32.0 Å². The Bertz CT molecular complexity index is 1030. The van der Waals surface area contributed by atoms with Crippen LogP contribution in [0.15, 0.2) is 30.3 Å². The number of hydrogen-bond acceptors (Lipinski definition) is 10. The number of ether oxygens (including phenoxy) is 4. The zero-order valence-corrected chi connectivity index (χ0v) is 28.0. The van der Waals surface area contributed by atoms with Gasteiger partial charge in [-0.25, -0.2) is 0 Å². The van der Waals surface area contributed by atoms with Crippen molar-refractivity contribution in [2.45, 2.75) is 52.1 Å². The summed E-state index contributed by atoms with van der Waals surface area (Å²) in [7, 11) is 0. The molecule has 0 fully saturated rings. The van der Waals surface area contributed by atoms with E-state index in [0.29, 0.717) is 58.8 Å². The van der Waals surface area contributed by atoms with Gasteiger partial charge in [-0.2, -0.15) is 0 Å². The van der Waals surface area contributed by atoms with Crippen LogP contribution in [0.2, 0.25) is 0 Å². The normalized spacial score (nSPS) is 11.5. The van der Waals surface area contributed by atoms with E-state index >= 15 is 0 Å². The van der Waals surface area contributed by atoms with Crippen molar-refractivity contribution in [3.05, 3.63) is 35.9 Å². The molecule has 0 heterocycles. The highest BCUT2D eigenvalue weighted by Gasteiger charge is 2.22. The van der Waals surface area contributed by atoms with Crippen molar-refractivity contribution in [3.63, 3.8) is 0 Å². The molecular weight excluding hydrogens is 612 g/mol. The lowest BCUT2D eigenvalue weighted by Gasteiger charge is -2.19. The third kappa shape index (κ3) is 24.2. The lowest BCUT2D eigenvalue weighted by Crippen LogP contribution is -2.52. The van der Waals surface area contributed by atoms with Crippen molar-refractivity contribution < 1.29 is 42.9 Å². The van der Waals surface area contributed by atoms with Crippen LogP contribution in [0.3, 0.4) is 0 Å². The van der Waals surface area contributed by atoms with Gasteiger partial charge < -0.3 is 50.8 Å². The van der Waals surface area contributed by atoms with E-state index in [4.69, 9.17) is 18.9 Å². The van der Waals surface area contributed by atoms with Crippen LogP contribution in [-0.2, 0) is 49.3 Å². The van der Waals surface area contributed by atoms with Crippen LogP contribution in [0.4, 0.5) is 0 Å². The van der Waals surface area contributed by atoms with Crippen LogP contribution in [-0.4, -0.2) is 127 Å². The van der Waals surface area contributed by atoms with Crippen LogP contribution in [0.1, 0.15) is 39.2 Å². The number of hydrogen-bond donors (Lipinski definition) is 6. The van der Waals surface area contributed by atoms with Crippen LogP contribution >= 0.6 is 0 Å². The first-order valence-corrected chi connectivity index (χ1v) is 16.2. The molecule has 15 nitrogen and oxygen atoms in total. The quantitative estimate of drug-likeness (QED) is 0.0607. The van der Waals surface area contributed by atoms with E-state index in [-0.39, 0.29) is 44.4 Å². The maximum Gasteiger partial charge on any atom is 0.243 e. The van der Waals surface area contributed by atoms with Crippen LogP contribution in [0, 0.1) is 0 Å². The average molecular weight is 667 g/mol. The van der Waals surface area contributed by atoms with Crippen LogP contribution in [0.25, 0.3) is 0 Å². The monoisotopic (exact) mass is 666 g/mol. The van der Waals surface area contributed by atoms with Gasteiger partial charge in [-0.1, -0.05) is 51.1 Å². The summed E-state index contributed by atoms with van der Waals surface area (Å²) in [6.07, 6.45) is 1.00. The summed E-state index contributed by atoms with van der Waals surface area (Å²) >= 11 is 0. The second kappa shape index (κ2) is 27.5. The Morgan fingerprint density at radius 2 is 1.15 bits per heavy atom. The Labute approximate surface area is 277 Å². The highest BCUT2D eigenvalue weighted by atomic mass is 16.6. The van der Waals surface area contributed by atoms with E-state index in [9.17, 15) is 24.0 Å². The smallest absolute Gasteiger partial charge is 0.243 e. The maximum absolute atomic E-state index is 12.8. The van der Waals surface area contributed by atoms with Gasteiger partial charge in [-0.3, -0.25) is 24.0 Å². The van der Waals surface area contributed by atoms with Gasteiger partial charge in [0.25, 0.3) is 0 Å². The fourth-order valence-corrected chi connectivity index (χ4v) is 3.78. The SMILES string of the molecule is CCCNC(=O)CNC(=O)[C@H](Cc1ccccc1)NC(=O)CNC(=O)CNC(=O)CCOCCOCCOCCOCCNC(C)C. The van der Waals surface area contributed by atoms with Crippen molar-refractivity contribution >= 4 is 29.5 Å². The fraction of sp³-hybridized carbons (Fsp3) is 0.656. The Morgan fingerprint density at radius 1 is 0.617 bits per heavy atom. The summed E-state index contributed by atoms with van der Waals surface area (Å²) in [6, 6.07) is 8.55. The summed E-state index contributed by atoms with van der Waals surface area (Å²) in [6.45, 7) is 9.79. The van der Waals surface area contributed by atoms with Gasteiger partial charge in [0.2, 0.25) is 29.5 Å². The van der Waals surface area contributed by atoms with Gasteiger partial charge >= 0.3 is 0 Å². The molecule has 0 radical (unpaired) electrons. The predicted molar refractivity (Wildman–Crippen MR) is 175 cm³/mol. The van der Waals surface area contributed by atoms with Crippen molar-refractivity contribution in [1.29, 1.82) is 0 Å². The molecule has 0 spiro atoms. The molecule has 5 amide bonds. The third-order valence-electron chi connectivity index (χ3n) is 6.21. The number of amides is 5. The summed E-state index contributed by atoms with van der Waals surface area (Å²) in [5, 5.41) is 15.9. The molecule has 0 bridgehead atoms. The number of rotatable bonds is 28. The van der Waals surface area contributed by atoms with E-state index in [2.05, 4.69) is 45.7 Å². The summed E-state index contributed by atoms with van der Waals surface area (Å²) < 4.78 is 21.7. The zero-order valence-electron chi connectivity index (χ0n) is 28.0. The molecule has 0 saturated heterocycles. The molecule has 0 saturated carbocycles. The summed E-state index contributed by atoms with van der Waals surface area (Å²) in [5.41, 5.74) is 0.805. The second-order valence-electron chi connectivity index (χ2n) is 10.7. The molecule has 266 valence electrons. The minimum Gasteiger partial charge on any atom is -0.379 e. The topological polar surface area (TPSA) is 194 Å². The van der Waals surface area contributed by atoms with Crippen molar-refractivity contribution in [2.24, 2.45) is 0 Å². The standard InChI is InChI=1S/C32H54N6O9/c1-4-11-34-29(40)23-37-32(43)27(21-26-8-6-5-7-9-26)38-31(42)24-36-30(41)22-35-28(39)10-13-44-15-17-46-19-20-47-18-16-45-14-12-33-25(2)3/h5-9,25,27,33H,4,10-24H2,1-3H3,(H,34,40)(H,35,39)(H,36,41)(H,37,43)(H,38,42)/t27-/m0/s1. The van der Waals surface area contributed by atoms with E-state index < -0.39 is 30.3 Å².